The highest BCUT2D eigenvalue weighted by atomic mass is 16.5. The Labute approximate surface area is 100 Å². The summed E-state index contributed by atoms with van der Waals surface area (Å²) < 4.78 is 5.19. The predicted molar refractivity (Wildman–Crippen MR) is 59.1 cm³/mol. The summed E-state index contributed by atoms with van der Waals surface area (Å²) in [4.78, 5) is 26.0. The van der Waals surface area contributed by atoms with Crippen LogP contribution < -0.4 is 0 Å². The van der Waals surface area contributed by atoms with E-state index in [1.165, 1.54) is 9.80 Å². The van der Waals surface area contributed by atoms with Gasteiger partial charge in [0.05, 0.1) is 12.7 Å². The third kappa shape index (κ3) is 2.58. The number of likely N-dealkylation sites (N-methyl/N-ethyl adjacent to an activating group) is 1. The van der Waals surface area contributed by atoms with Crippen LogP contribution in [-0.4, -0.2) is 72.7 Å². The number of hydrogen-bond acceptors (Lipinski definition) is 4. The number of piperazine rings is 1. The van der Waals surface area contributed by atoms with Gasteiger partial charge in [0.2, 0.25) is 0 Å². The van der Waals surface area contributed by atoms with Gasteiger partial charge >= 0.3 is 11.8 Å². The fourth-order valence-corrected chi connectivity index (χ4v) is 2.18. The molecule has 6 nitrogen and oxygen atoms in total. The zero-order valence-electron chi connectivity index (χ0n) is 9.96. The maximum absolute atomic E-state index is 11.7. The Hall–Kier alpha value is -1.14. The lowest BCUT2D eigenvalue weighted by molar-refractivity contribution is -0.156. The number of aliphatic hydroxyl groups excluding tert-OH is 1. The number of aliphatic hydroxyl groups is 1. The SMILES string of the molecule is CN1CCN(CC(O)C2CCOC2)C(=O)C1=O. The molecule has 96 valence electrons. The van der Waals surface area contributed by atoms with Gasteiger partial charge in [-0.1, -0.05) is 0 Å². The van der Waals surface area contributed by atoms with Crippen LogP contribution in [0.4, 0.5) is 0 Å². The van der Waals surface area contributed by atoms with E-state index >= 15 is 0 Å². The van der Waals surface area contributed by atoms with Crippen LogP contribution in [0.3, 0.4) is 0 Å². The molecule has 1 N–H and O–H groups in total. The minimum Gasteiger partial charge on any atom is -0.391 e. The summed E-state index contributed by atoms with van der Waals surface area (Å²) in [6.07, 6.45) is 0.217. The molecule has 0 aromatic carbocycles. The van der Waals surface area contributed by atoms with Crippen molar-refractivity contribution in [1.29, 1.82) is 0 Å². The van der Waals surface area contributed by atoms with Crippen molar-refractivity contribution in [3.63, 3.8) is 0 Å². The lowest BCUT2D eigenvalue weighted by Gasteiger charge is -2.33. The predicted octanol–water partition coefficient (Wildman–Crippen LogP) is -1.32. The van der Waals surface area contributed by atoms with Crippen molar-refractivity contribution in [2.75, 3.05) is 39.9 Å². The fourth-order valence-electron chi connectivity index (χ4n) is 2.18. The Morgan fingerprint density at radius 2 is 2.18 bits per heavy atom. The Morgan fingerprint density at radius 1 is 1.41 bits per heavy atom. The van der Waals surface area contributed by atoms with E-state index < -0.39 is 17.9 Å². The maximum atomic E-state index is 11.7. The van der Waals surface area contributed by atoms with Gasteiger partial charge in [-0.15, -0.1) is 0 Å². The minimum atomic E-state index is -0.599. The van der Waals surface area contributed by atoms with E-state index in [4.69, 9.17) is 4.74 Å². The van der Waals surface area contributed by atoms with Crippen molar-refractivity contribution in [2.24, 2.45) is 5.92 Å². The zero-order chi connectivity index (χ0) is 12.4. The molecule has 0 radical (unpaired) electrons. The number of rotatable bonds is 3. The molecule has 2 atom stereocenters. The van der Waals surface area contributed by atoms with Gasteiger partial charge in [0, 0.05) is 39.2 Å². The summed E-state index contributed by atoms with van der Waals surface area (Å²) >= 11 is 0. The lowest BCUT2D eigenvalue weighted by Crippen LogP contribution is -2.55. The number of carbonyl (C=O) groups excluding carboxylic acids is 2. The van der Waals surface area contributed by atoms with Crippen molar-refractivity contribution in [2.45, 2.75) is 12.5 Å². The third-order valence-corrected chi connectivity index (χ3v) is 3.44. The molecule has 2 saturated heterocycles. The van der Waals surface area contributed by atoms with E-state index in [2.05, 4.69) is 0 Å². The second-order valence-corrected chi connectivity index (χ2v) is 4.67. The molecule has 2 amide bonds. The van der Waals surface area contributed by atoms with Gasteiger partial charge in [0.1, 0.15) is 0 Å². The van der Waals surface area contributed by atoms with Crippen LogP contribution >= 0.6 is 0 Å². The molecule has 2 unspecified atom stereocenters. The molecule has 0 spiro atoms. The van der Waals surface area contributed by atoms with Crippen LogP contribution in [0, 0.1) is 5.92 Å². The first-order chi connectivity index (χ1) is 8.09. The Morgan fingerprint density at radius 3 is 2.82 bits per heavy atom. The van der Waals surface area contributed by atoms with E-state index in [9.17, 15) is 14.7 Å². The quantitative estimate of drug-likeness (QED) is 0.623. The summed E-state index contributed by atoms with van der Waals surface area (Å²) in [6, 6.07) is 0. The average Bonchev–Trinajstić information content (AvgIpc) is 2.83. The second-order valence-electron chi connectivity index (χ2n) is 4.67. The summed E-state index contributed by atoms with van der Waals surface area (Å²) in [7, 11) is 1.61. The van der Waals surface area contributed by atoms with Gasteiger partial charge in [0.15, 0.2) is 0 Å². The van der Waals surface area contributed by atoms with Gasteiger partial charge in [-0.2, -0.15) is 0 Å². The van der Waals surface area contributed by atoms with Crippen molar-refractivity contribution in [3.8, 4) is 0 Å². The highest BCUT2D eigenvalue weighted by Gasteiger charge is 2.33. The fraction of sp³-hybridized carbons (Fsp3) is 0.818. The van der Waals surface area contributed by atoms with Crippen LogP contribution in [0.2, 0.25) is 0 Å². The van der Waals surface area contributed by atoms with Crippen LogP contribution in [0.1, 0.15) is 6.42 Å². The molecule has 0 aromatic heterocycles. The van der Waals surface area contributed by atoms with Crippen molar-refractivity contribution < 1.29 is 19.4 Å². The molecule has 0 saturated carbocycles. The van der Waals surface area contributed by atoms with E-state index in [1.807, 2.05) is 0 Å². The van der Waals surface area contributed by atoms with Crippen LogP contribution in [-0.2, 0) is 14.3 Å². The number of amides is 2. The number of nitrogens with zero attached hydrogens (tertiary/aromatic N) is 2. The first-order valence-corrected chi connectivity index (χ1v) is 5.89. The molecule has 2 fully saturated rings. The largest absolute Gasteiger partial charge is 0.391 e. The first kappa shape index (κ1) is 12.3. The molecule has 6 heteroatoms. The van der Waals surface area contributed by atoms with Gasteiger partial charge in [-0.25, -0.2) is 0 Å². The Balaban J connectivity index is 1.90. The molecule has 0 bridgehead atoms. The lowest BCUT2D eigenvalue weighted by atomic mass is 10.0. The number of ether oxygens (including phenoxy) is 1. The summed E-state index contributed by atoms with van der Waals surface area (Å²) in [6.45, 7) is 2.45. The van der Waals surface area contributed by atoms with Crippen LogP contribution in [0.5, 0.6) is 0 Å². The highest BCUT2D eigenvalue weighted by Crippen LogP contribution is 2.18. The first-order valence-electron chi connectivity index (χ1n) is 5.89. The van der Waals surface area contributed by atoms with Crippen molar-refractivity contribution in [3.05, 3.63) is 0 Å². The molecule has 0 aliphatic carbocycles. The number of hydrogen-bond donors (Lipinski definition) is 1. The van der Waals surface area contributed by atoms with Gasteiger partial charge in [-0.3, -0.25) is 9.59 Å². The molecule has 0 aromatic rings. The van der Waals surface area contributed by atoms with Crippen LogP contribution in [0.15, 0.2) is 0 Å². The molecular formula is C11H18N2O4. The summed E-state index contributed by atoms with van der Waals surface area (Å²) in [5.41, 5.74) is 0. The maximum Gasteiger partial charge on any atom is 0.312 e. The normalized spacial score (nSPS) is 27.8. The standard InChI is InChI=1S/C11H18N2O4/c1-12-3-4-13(11(16)10(12)15)6-9(14)8-2-5-17-7-8/h8-9,14H,2-7H2,1H3. The Kier molecular flexibility index (Phi) is 3.63. The number of carbonyl (C=O) groups is 2. The van der Waals surface area contributed by atoms with Crippen molar-refractivity contribution >= 4 is 11.8 Å². The van der Waals surface area contributed by atoms with Gasteiger partial charge < -0.3 is 19.6 Å². The van der Waals surface area contributed by atoms with Gasteiger partial charge in [-0.05, 0) is 6.42 Å². The number of β-amino-alcohol motifs (C(OH)–C–C–N with tert-alkyl or cyclic N) is 1. The molecule has 2 heterocycles. The molecule has 17 heavy (non-hydrogen) atoms. The topological polar surface area (TPSA) is 70.1 Å². The third-order valence-electron chi connectivity index (χ3n) is 3.44. The smallest absolute Gasteiger partial charge is 0.312 e. The molecule has 2 aliphatic heterocycles. The minimum absolute atomic E-state index is 0.0811. The van der Waals surface area contributed by atoms with E-state index in [-0.39, 0.29) is 12.5 Å². The molecule has 2 aliphatic rings. The van der Waals surface area contributed by atoms with Gasteiger partial charge in [0.25, 0.3) is 0 Å². The zero-order valence-corrected chi connectivity index (χ0v) is 9.96. The van der Waals surface area contributed by atoms with Crippen LogP contribution in [0.25, 0.3) is 0 Å². The average molecular weight is 242 g/mol. The Bertz CT molecular complexity index is 315. The highest BCUT2D eigenvalue weighted by molar-refractivity contribution is 6.35. The molecule has 2 rings (SSSR count). The molecular weight excluding hydrogens is 224 g/mol. The van der Waals surface area contributed by atoms with E-state index in [0.29, 0.717) is 26.3 Å². The van der Waals surface area contributed by atoms with Crippen molar-refractivity contribution in [1.82, 2.24) is 9.80 Å². The summed E-state index contributed by atoms with van der Waals surface area (Å²) in [5.74, 6) is -0.930. The van der Waals surface area contributed by atoms with E-state index in [0.717, 1.165) is 6.42 Å². The summed E-state index contributed by atoms with van der Waals surface area (Å²) in [5, 5.41) is 9.97. The monoisotopic (exact) mass is 242 g/mol. The second kappa shape index (κ2) is 5.01. The van der Waals surface area contributed by atoms with E-state index in [1.54, 1.807) is 7.05 Å².